The van der Waals surface area contributed by atoms with E-state index in [0.717, 1.165) is 22.7 Å². The fraction of sp³-hybridized carbons (Fsp3) is 0.370. The van der Waals surface area contributed by atoms with Crippen LogP contribution in [0, 0.1) is 20.8 Å². The Hall–Kier alpha value is -3.66. The first-order valence-electron chi connectivity index (χ1n) is 12.2. The van der Waals surface area contributed by atoms with Crippen LogP contribution < -0.4 is 14.9 Å². The summed E-state index contributed by atoms with van der Waals surface area (Å²) in [4.78, 5) is 21.2. The van der Waals surface area contributed by atoms with Gasteiger partial charge in [-0.3, -0.25) is 9.10 Å². The minimum atomic E-state index is -4.05. The molecular formula is C27H35N5O4S. The van der Waals surface area contributed by atoms with Crippen molar-refractivity contribution < 1.29 is 17.9 Å². The molecule has 1 heterocycles. The van der Waals surface area contributed by atoms with Gasteiger partial charge in [0.15, 0.2) is 0 Å². The SMILES string of the molecule is CCC(CC)Nc1nccc(Nc2ccc(N(CC(=O)OC)S(=O)(=O)c3c(C)cc(C)cc3C)cc2)n1. The van der Waals surface area contributed by atoms with Gasteiger partial charge in [-0.05, 0) is 75.1 Å². The number of anilines is 4. The number of aryl methyl sites for hydroxylation is 3. The third-order valence-electron chi connectivity index (χ3n) is 6.06. The lowest BCUT2D eigenvalue weighted by Crippen LogP contribution is -2.37. The molecular weight excluding hydrogens is 490 g/mol. The van der Waals surface area contributed by atoms with Crippen LogP contribution in [0.2, 0.25) is 0 Å². The van der Waals surface area contributed by atoms with Crippen LogP contribution in [0.4, 0.5) is 23.1 Å². The van der Waals surface area contributed by atoms with E-state index in [0.29, 0.717) is 34.3 Å². The van der Waals surface area contributed by atoms with Crippen molar-refractivity contribution >= 4 is 39.1 Å². The second-order valence-electron chi connectivity index (χ2n) is 8.91. The Kier molecular flexibility index (Phi) is 9.09. The van der Waals surface area contributed by atoms with Crippen LogP contribution >= 0.6 is 0 Å². The van der Waals surface area contributed by atoms with Crippen molar-refractivity contribution in [2.75, 3.05) is 28.6 Å². The van der Waals surface area contributed by atoms with Gasteiger partial charge in [0.05, 0.1) is 17.7 Å². The van der Waals surface area contributed by atoms with E-state index < -0.39 is 22.5 Å². The molecule has 2 aromatic carbocycles. The zero-order valence-electron chi connectivity index (χ0n) is 22.2. The van der Waals surface area contributed by atoms with Crippen molar-refractivity contribution in [2.24, 2.45) is 0 Å². The molecule has 0 fully saturated rings. The van der Waals surface area contributed by atoms with Crippen LogP contribution in [-0.2, 0) is 19.6 Å². The lowest BCUT2D eigenvalue weighted by molar-refractivity contribution is -0.138. The minimum Gasteiger partial charge on any atom is -0.468 e. The number of rotatable bonds is 11. The van der Waals surface area contributed by atoms with Gasteiger partial charge >= 0.3 is 5.97 Å². The monoisotopic (exact) mass is 525 g/mol. The normalized spacial score (nSPS) is 11.3. The summed E-state index contributed by atoms with van der Waals surface area (Å²) in [5.74, 6) is 0.474. The summed E-state index contributed by atoms with van der Waals surface area (Å²) < 4.78 is 33.4. The standard InChI is InChI=1S/C27H35N5O4S/c1-7-21(8-2)30-27-28-14-13-24(31-27)29-22-9-11-23(12-10-22)32(17-25(33)36-6)37(34,35)26-19(4)15-18(3)16-20(26)5/h9-16,21H,7-8,17H2,1-6H3,(H2,28,29,30,31). The maximum Gasteiger partial charge on any atom is 0.326 e. The number of ether oxygens (including phenoxy) is 1. The summed E-state index contributed by atoms with van der Waals surface area (Å²) in [7, 11) is -2.82. The highest BCUT2D eigenvalue weighted by Gasteiger charge is 2.30. The Balaban J connectivity index is 1.90. The van der Waals surface area contributed by atoms with E-state index in [1.165, 1.54) is 7.11 Å². The van der Waals surface area contributed by atoms with Crippen molar-refractivity contribution in [3.63, 3.8) is 0 Å². The molecule has 0 amide bonds. The Bertz CT molecular complexity index is 1320. The van der Waals surface area contributed by atoms with Crippen molar-refractivity contribution in [3.05, 3.63) is 65.4 Å². The average Bonchev–Trinajstić information content (AvgIpc) is 2.85. The number of nitrogens with zero attached hydrogens (tertiary/aromatic N) is 3. The van der Waals surface area contributed by atoms with Gasteiger partial charge < -0.3 is 15.4 Å². The number of methoxy groups -OCH3 is 1. The number of carbonyl (C=O) groups is 1. The number of benzene rings is 2. The van der Waals surface area contributed by atoms with Gasteiger partial charge in [-0.25, -0.2) is 13.4 Å². The summed E-state index contributed by atoms with van der Waals surface area (Å²) in [6.07, 6.45) is 3.60. The first kappa shape index (κ1) is 27.9. The molecule has 10 heteroatoms. The Morgan fingerprint density at radius 3 is 2.22 bits per heavy atom. The van der Waals surface area contributed by atoms with Gasteiger partial charge in [-0.15, -0.1) is 0 Å². The number of carbonyl (C=O) groups excluding carboxylic acids is 1. The average molecular weight is 526 g/mol. The lowest BCUT2D eigenvalue weighted by Gasteiger charge is -2.25. The molecule has 0 saturated heterocycles. The second kappa shape index (κ2) is 12.1. The maximum absolute atomic E-state index is 13.8. The van der Waals surface area contributed by atoms with Gasteiger partial charge in [0, 0.05) is 17.9 Å². The molecule has 0 atom stereocenters. The highest BCUT2D eigenvalue weighted by molar-refractivity contribution is 7.93. The molecule has 37 heavy (non-hydrogen) atoms. The molecule has 0 aliphatic rings. The Morgan fingerprint density at radius 2 is 1.65 bits per heavy atom. The molecule has 9 nitrogen and oxygen atoms in total. The predicted molar refractivity (Wildman–Crippen MR) is 147 cm³/mol. The van der Waals surface area contributed by atoms with E-state index >= 15 is 0 Å². The molecule has 0 saturated carbocycles. The fourth-order valence-electron chi connectivity index (χ4n) is 4.21. The second-order valence-corrected chi connectivity index (χ2v) is 10.7. The summed E-state index contributed by atoms with van der Waals surface area (Å²) in [5, 5.41) is 6.53. The van der Waals surface area contributed by atoms with Crippen LogP contribution in [0.5, 0.6) is 0 Å². The topological polar surface area (TPSA) is 114 Å². The molecule has 3 aromatic rings. The number of nitrogens with one attached hydrogen (secondary N) is 2. The lowest BCUT2D eigenvalue weighted by atomic mass is 10.1. The zero-order valence-corrected chi connectivity index (χ0v) is 23.0. The number of sulfonamides is 1. The van der Waals surface area contributed by atoms with Crippen LogP contribution in [0.15, 0.2) is 53.6 Å². The Morgan fingerprint density at radius 1 is 1.03 bits per heavy atom. The smallest absolute Gasteiger partial charge is 0.326 e. The molecule has 0 aliphatic heterocycles. The quantitative estimate of drug-likeness (QED) is 0.332. The van der Waals surface area contributed by atoms with Crippen LogP contribution in [0.25, 0.3) is 0 Å². The Labute approximate surface area is 219 Å². The molecule has 2 N–H and O–H groups in total. The van der Waals surface area contributed by atoms with Crippen molar-refractivity contribution in [2.45, 2.75) is 58.4 Å². The van der Waals surface area contributed by atoms with Gasteiger partial charge in [0.1, 0.15) is 12.4 Å². The van der Waals surface area contributed by atoms with E-state index in [-0.39, 0.29) is 10.9 Å². The summed E-state index contributed by atoms with van der Waals surface area (Å²) in [5.41, 5.74) is 3.24. The maximum atomic E-state index is 13.8. The van der Waals surface area contributed by atoms with Crippen molar-refractivity contribution in [1.29, 1.82) is 0 Å². The molecule has 0 spiro atoms. The number of hydrogen-bond acceptors (Lipinski definition) is 8. The minimum absolute atomic E-state index is 0.183. The molecule has 198 valence electrons. The van der Waals surface area contributed by atoms with Gasteiger partial charge in [-0.2, -0.15) is 4.98 Å². The van der Waals surface area contributed by atoms with E-state index in [4.69, 9.17) is 4.74 Å². The van der Waals surface area contributed by atoms with E-state index in [9.17, 15) is 13.2 Å². The number of esters is 1. The first-order chi connectivity index (χ1) is 17.6. The van der Waals surface area contributed by atoms with E-state index in [2.05, 4.69) is 34.4 Å². The summed E-state index contributed by atoms with van der Waals surface area (Å²) in [6, 6.07) is 12.4. The molecule has 1 aromatic heterocycles. The third-order valence-corrected chi connectivity index (χ3v) is 8.14. The summed E-state index contributed by atoms with van der Waals surface area (Å²) >= 11 is 0. The molecule has 0 bridgehead atoms. The van der Waals surface area contributed by atoms with Crippen LogP contribution in [0.3, 0.4) is 0 Å². The number of hydrogen-bond donors (Lipinski definition) is 2. The van der Waals surface area contributed by atoms with Crippen molar-refractivity contribution in [3.8, 4) is 0 Å². The summed E-state index contributed by atoms with van der Waals surface area (Å²) in [6.45, 7) is 9.19. The van der Waals surface area contributed by atoms with Gasteiger partial charge in [0.2, 0.25) is 5.95 Å². The number of aromatic nitrogens is 2. The highest BCUT2D eigenvalue weighted by atomic mass is 32.2. The van der Waals surface area contributed by atoms with E-state index in [1.54, 1.807) is 50.4 Å². The molecule has 3 rings (SSSR count). The predicted octanol–water partition coefficient (Wildman–Crippen LogP) is 5.11. The zero-order chi connectivity index (χ0) is 27.2. The van der Waals surface area contributed by atoms with Crippen LogP contribution in [0.1, 0.15) is 43.4 Å². The molecule has 0 unspecified atom stereocenters. The first-order valence-corrected chi connectivity index (χ1v) is 13.7. The molecule has 0 radical (unpaired) electrons. The van der Waals surface area contributed by atoms with Gasteiger partial charge in [0.25, 0.3) is 10.0 Å². The van der Waals surface area contributed by atoms with Gasteiger partial charge in [-0.1, -0.05) is 31.5 Å². The van der Waals surface area contributed by atoms with Crippen molar-refractivity contribution in [1.82, 2.24) is 9.97 Å². The molecule has 0 aliphatic carbocycles. The van der Waals surface area contributed by atoms with E-state index in [1.807, 2.05) is 19.1 Å². The largest absolute Gasteiger partial charge is 0.468 e. The van der Waals surface area contributed by atoms with Crippen LogP contribution in [-0.4, -0.2) is 44.1 Å². The highest BCUT2D eigenvalue weighted by Crippen LogP contribution is 2.30. The fourth-order valence-corrected chi connectivity index (χ4v) is 6.04. The third kappa shape index (κ3) is 6.76.